The molecule has 9 aromatic carbocycles. The Kier molecular flexibility index (Phi) is 5.96. The van der Waals surface area contributed by atoms with Crippen LogP contribution in [0.2, 0.25) is 0 Å². The molecule has 0 unspecified atom stereocenters. The van der Waals surface area contributed by atoms with E-state index in [1.165, 1.54) is 98.9 Å². The van der Waals surface area contributed by atoms with Gasteiger partial charge in [-0.2, -0.15) is 0 Å². The summed E-state index contributed by atoms with van der Waals surface area (Å²) in [5.41, 5.74) is 6.45. The molecule has 0 amide bonds. The van der Waals surface area contributed by atoms with Crippen molar-refractivity contribution >= 4 is 64.6 Å². The molecule has 0 N–H and O–H groups in total. The SMILES string of the molecule is CCCc1ccc2cc(-c3ccc4ccc(-c5cc6c7ccccc7c7ccccc7c6c6ccccc56)cc4c3)ccc2c1. The predicted octanol–water partition coefficient (Wildman–Crippen LogP) is 12.9. The molecule has 0 aliphatic carbocycles. The zero-order chi connectivity index (χ0) is 29.9. The van der Waals surface area contributed by atoms with Gasteiger partial charge in [-0.15, -0.1) is 0 Å². The molecule has 9 rings (SSSR count). The fourth-order valence-corrected chi connectivity index (χ4v) is 7.52. The molecule has 0 aromatic heterocycles. The van der Waals surface area contributed by atoms with E-state index in [4.69, 9.17) is 0 Å². The van der Waals surface area contributed by atoms with Crippen molar-refractivity contribution in [2.45, 2.75) is 19.8 Å². The van der Waals surface area contributed by atoms with Crippen LogP contribution in [-0.2, 0) is 6.42 Å². The zero-order valence-corrected chi connectivity index (χ0v) is 25.3. The minimum atomic E-state index is 1.13. The molecule has 0 saturated heterocycles. The van der Waals surface area contributed by atoms with Crippen LogP contribution in [-0.4, -0.2) is 0 Å². The average molecular weight is 573 g/mol. The highest BCUT2D eigenvalue weighted by Crippen LogP contribution is 2.43. The van der Waals surface area contributed by atoms with Gasteiger partial charge in [0.1, 0.15) is 0 Å². The molecule has 0 spiro atoms. The Morgan fingerprint density at radius 2 is 0.844 bits per heavy atom. The van der Waals surface area contributed by atoms with Gasteiger partial charge >= 0.3 is 0 Å². The van der Waals surface area contributed by atoms with Gasteiger partial charge < -0.3 is 0 Å². The van der Waals surface area contributed by atoms with Crippen LogP contribution in [0, 0.1) is 0 Å². The Morgan fingerprint density at radius 1 is 0.356 bits per heavy atom. The Morgan fingerprint density at radius 3 is 1.56 bits per heavy atom. The van der Waals surface area contributed by atoms with E-state index in [2.05, 4.69) is 159 Å². The van der Waals surface area contributed by atoms with Crippen molar-refractivity contribution in [2.75, 3.05) is 0 Å². The first-order valence-electron chi connectivity index (χ1n) is 16.1. The van der Waals surface area contributed by atoms with Crippen molar-refractivity contribution in [1.82, 2.24) is 0 Å². The van der Waals surface area contributed by atoms with Gasteiger partial charge in [0.05, 0.1) is 0 Å². The minimum absolute atomic E-state index is 1.13. The number of rotatable bonds is 4. The van der Waals surface area contributed by atoms with Crippen LogP contribution in [0.15, 0.2) is 152 Å². The third kappa shape index (κ3) is 4.21. The van der Waals surface area contributed by atoms with Gasteiger partial charge in [-0.05, 0) is 123 Å². The molecule has 212 valence electrons. The topological polar surface area (TPSA) is 0 Å². The number of benzene rings is 9. The van der Waals surface area contributed by atoms with Crippen molar-refractivity contribution in [3.63, 3.8) is 0 Å². The van der Waals surface area contributed by atoms with E-state index < -0.39 is 0 Å². The molecule has 0 atom stereocenters. The first-order chi connectivity index (χ1) is 22.2. The molecular formula is C45H32. The van der Waals surface area contributed by atoms with Gasteiger partial charge in [0, 0.05) is 0 Å². The van der Waals surface area contributed by atoms with Crippen molar-refractivity contribution < 1.29 is 0 Å². The molecule has 0 aliphatic heterocycles. The molecule has 0 aliphatic rings. The maximum Gasteiger partial charge on any atom is -0.00199 e. The Hall–Kier alpha value is -5.46. The lowest BCUT2D eigenvalue weighted by Crippen LogP contribution is -1.89. The number of hydrogen-bond acceptors (Lipinski definition) is 0. The Labute approximate surface area is 263 Å². The summed E-state index contributed by atoms with van der Waals surface area (Å²) in [5.74, 6) is 0. The van der Waals surface area contributed by atoms with Crippen LogP contribution >= 0.6 is 0 Å². The van der Waals surface area contributed by atoms with Crippen LogP contribution in [0.25, 0.3) is 86.9 Å². The van der Waals surface area contributed by atoms with Crippen LogP contribution in [0.1, 0.15) is 18.9 Å². The summed E-state index contributed by atoms with van der Waals surface area (Å²) in [5, 5.41) is 15.6. The summed E-state index contributed by atoms with van der Waals surface area (Å²) < 4.78 is 0. The van der Waals surface area contributed by atoms with Gasteiger partial charge in [0.25, 0.3) is 0 Å². The standard InChI is InChI=1S/C45H32/c1-2-9-29-16-17-32-25-33(22-21-31(32)24-29)34-20-18-30-19-23-35(27-36(30)26-34)43-28-44-39-12-4-3-10-37(39)38-11-5-7-14-41(38)45(44)42-15-8-6-13-40(42)43/h3-8,10-28H,2,9H2,1H3. The Bertz CT molecular complexity index is 2600. The predicted molar refractivity (Wildman–Crippen MR) is 196 cm³/mol. The lowest BCUT2D eigenvalue weighted by molar-refractivity contribution is 0.924. The van der Waals surface area contributed by atoms with Crippen LogP contribution in [0.4, 0.5) is 0 Å². The van der Waals surface area contributed by atoms with Gasteiger partial charge in [-0.3, -0.25) is 0 Å². The van der Waals surface area contributed by atoms with E-state index in [9.17, 15) is 0 Å². The van der Waals surface area contributed by atoms with Crippen molar-refractivity contribution in [2.24, 2.45) is 0 Å². The van der Waals surface area contributed by atoms with Gasteiger partial charge in [-0.25, -0.2) is 0 Å². The van der Waals surface area contributed by atoms with Crippen molar-refractivity contribution in [1.29, 1.82) is 0 Å². The van der Waals surface area contributed by atoms with Crippen LogP contribution in [0.3, 0.4) is 0 Å². The Balaban J connectivity index is 1.24. The second-order valence-electron chi connectivity index (χ2n) is 12.4. The highest BCUT2D eigenvalue weighted by atomic mass is 14.2. The quantitative estimate of drug-likeness (QED) is 0.184. The molecule has 45 heavy (non-hydrogen) atoms. The normalized spacial score (nSPS) is 11.8. The molecule has 0 nitrogen and oxygen atoms in total. The summed E-state index contributed by atoms with van der Waals surface area (Å²) >= 11 is 0. The smallest absolute Gasteiger partial charge is 0.00199 e. The number of hydrogen-bond donors (Lipinski definition) is 0. The van der Waals surface area contributed by atoms with E-state index in [0.29, 0.717) is 0 Å². The van der Waals surface area contributed by atoms with Crippen molar-refractivity contribution in [3.8, 4) is 22.3 Å². The zero-order valence-electron chi connectivity index (χ0n) is 25.3. The summed E-state index contributed by atoms with van der Waals surface area (Å²) in [6.07, 6.45) is 2.30. The number of fused-ring (bicyclic) bond motifs is 10. The molecule has 0 saturated carbocycles. The first-order valence-corrected chi connectivity index (χ1v) is 16.1. The molecule has 0 fully saturated rings. The van der Waals surface area contributed by atoms with E-state index in [1.807, 2.05) is 0 Å². The molecule has 0 bridgehead atoms. The fourth-order valence-electron chi connectivity index (χ4n) is 7.52. The molecule has 9 aromatic rings. The van der Waals surface area contributed by atoms with Crippen LogP contribution in [0.5, 0.6) is 0 Å². The molecule has 0 heterocycles. The molecular weight excluding hydrogens is 540 g/mol. The van der Waals surface area contributed by atoms with E-state index in [0.717, 1.165) is 6.42 Å². The monoisotopic (exact) mass is 572 g/mol. The third-order valence-corrected chi connectivity index (χ3v) is 9.68. The molecule has 0 heteroatoms. The van der Waals surface area contributed by atoms with Gasteiger partial charge in [0.15, 0.2) is 0 Å². The maximum atomic E-state index is 2.44. The second kappa shape index (κ2) is 10.3. The number of aryl methyl sites for hydroxylation is 1. The van der Waals surface area contributed by atoms with Crippen molar-refractivity contribution in [3.05, 3.63) is 157 Å². The molecule has 0 radical (unpaired) electrons. The van der Waals surface area contributed by atoms with Crippen LogP contribution < -0.4 is 0 Å². The maximum absolute atomic E-state index is 2.44. The minimum Gasteiger partial charge on any atom is -0.0651 e. The van der Waals surface area contributed by atoms with E-state index in [1.54, 1.807) is 0 Å². The highest BCUT2D eigenvalue weighted by molar-refractivity contribution is 6.33. The van der Waals surface area contributed by atoms with Gasteiger partial charge in [-0.1, -0.05) is 141 Å². The highest BCUT2D eigenvalue weighted by Gasteiger charge is 2.15. The summed E-state index contributed by atoms with van der Waals surface area (Å²) in [4.78, 5) is 0. The lowest BCUT2D eigenvalue weighted by atomic mass is 9.87. The average Bonchev–Trinajstić information content (AvgIpc) is 3.10. The lowest BCUT2D eigenvalue weighted by Gasteiger charge is -2.16. The third-order valence-electron chi connectivity index (χ3n) is 9.68. The van der Waals surface area contributed by atoms with Gasteiger partial charge in [0.2, 0.25) is 0 Å². The van der Waals surface area contributed by atoms with E-state index in [-0.39, 0.29) is 0 Å². The summed E-state index contributed by atoms with van der Waals surface area (Å²) in [6, 6.07) is 56.7. The summed E-state index contributed by atoms with van der Waals surface area (Å²) in [7, 11) is 0. The fraction of sp³-hybridized carbons (Fsp3) is 0.0667. The largest absolute Gasteiger partial charge is 0.0651 e. The van der Waals surface area contributed by atoms with E-state index >= 15 is 0 Å². The first kappa shape index (κ1) is 26.0. The second-order valence-corrected chi connectivity index (χ2v) is 12.4. The summed E-state index contributed by atoms with van der Waals surface area (Å²) in [6.45, 7) is 2.24.